The predicted molar refractivity (Wildman–Crippen MR) is 112 cm³/mol. The van der Waals surface area contributed by atoms with Crippen LogP contribution in [0.25, 0.3) is 11.0 Å². The van der Waals surface area contributed by atoms with Crippen molar-refractivity contribution in [1.29, 1.82) is 0 Å². The number of benzene rings is 1. The maximum Gasteiger partial charge on any atom is 0.232 e. The van der Waals surface area contributed by atoms with Crippen molar-refractivity contribution < 1.29 is 14.1 Å². The summed E-state index contributed by atoms with van der Waals surface area (Å²) >= 11 is 1.44. The van der Waals surface area contributed by atoms with E-state index in [1.165, 1.54) is 11.3 Å². The lowest BCUT2D eigenvalue weighted by Gasteiger charge is -2.26. The first-order valence-electron chi connectivity index (χ1n) is 9.80. The van der Waals surface area contributed by atoms with Gasteiger partial charge in [0.05, 0.1) is 18.7 Å². The summed E-state index contributed by atoms with van der Waals surface area (Å²) in [6.45, 7) is 7.34. The molecule has 3 aromatic rings. The Kier molecular flexibility index (Phi) is 5.36. The topological polar surface area (TPSA) is 88.3 Å². The smallest absolute Gasteiger partial charge is 0.232 e. The lowest BCUT2D eigenvalue weighted by molar-refractivity contribution is -0.132. The standard InChI is InChI=1S/C21H24N4O3S/c1-12(2)8-20(27)25-7-6-15-18(11-25)29-21(22-15)23-19(26)10-16-14-9-13(3)4-5-17(14)28-24-16/h4-5,9,12H,6-8,10-11H2,1-3H3,(H,22,23,26). The monoisotopic (exact) mass is 412 g/mol. The second-order valence-electron chi connectivity index (χ2n) is 7.91. The Bertz CT molecular complexity index is 1070. The molecule has 0 saturated heterocycles. The highest BCUT2D eigenvalue weighted by Gasteiger charge is 2.25. The molecule has 4 rings (SSSR count). The molecule has 1 aromatic carbocycles. The van der Waals surface area contributed by atoms with Crippen LogP contribution in [0.4, 0.5) is 5.13 Å². The molecule has 0 atom stereocenters. The van der Waals surface area contributed by atoms with Crippen LogP contribution in [0.15, 0.2) is 22.7 Å². The molecule has 0 radical (unpaired) electrons. The lowest BCUT2D eigenvalue weighted by atomic mass is 10.1. The van der Waals surface area contributed by atoms with E-state index in [1.54, 1.807) is 0 Å². The molecule has 152 valence electrons. The van der Waals surface area contributed by atoms with Gasteiger partial charge in [0.15, 0.2) is 10.7 Å². The van der Waals surface area contributed by atoms with E-state index in [2.05, 4.69) is 15.5 Å². The average molecular weight is 413 g/mol. The fraction of sp³-hybridized carbons (Fsp3) is 0.429. The van der Waals surface area contributed by atoms with E-state index in [4.69, 9.17) is 4.52 Å². The SMILES string of the molecule is Cc1ccc2onc(CC(=O)Nc3nc4c(s3)CN(C(=O)CC(C)C)CC4)c2c1. The largest absolute Gasteiger partial charge is 0.356 e. The fourth-order valence-corrected chi connectivity index (χ4v) is 4.53. The van der Waals surface area contributed by atoms with Gasteiger partial charge in [-0.25, -0.2) is 4.98 Å². The summed E-state index contributed by atoms with van der Waals surface area (Å²) in [5.74, 6) is 0.343. The third kappa shape index (κ3) is 4.32. The van der Waals surface area contributed by atoms with Gasteiger partial charge in [0, 0.05) is 29.6 Å². The van der Waals surface area contributed by atoms with Gasteiger partial charge in [-0.1, -0.05) is 42.0 Å². The normalized spacial score (nSPS) is 13.7. The summed E-state index contributed by atoms with van der Waals surface area (Å²) in [5.41, 5.74) is 3.36. The van der Waals surface area contributed by atoms with Crippen molar-refractivity contribution in [3.8, 4) is 0 Å². The van der Waals surface area contributed by atoms with Crippen molar-refractivity contribution in [2.45, 2.75) is 46.6 Å². The number of nitrogens with one attached hydrogen (secondary N) is 1. The maximum atomic E-state index is 12.5. The van der Waals surface area contributed by atoms with E-state index in [-0.39, 0.29) is 18.2 Å². The van der Waals surface area contributed by atoms with Crippen molar-refractivity contribution in [3.05, 3.63) is 40.0 Å². The van der Waals surface area contributed by atoms with Gasteiger partial charge in [0.25, 0.3) is 0 Å². The van der Waals surface area contributed by atoms with Crippen LogP contribution < -0.4 is 5.32 Å². The molecule has 7 nitrogen and oxygen atoms in total. The number of nitrogens with zero attached hydrogens (tertiary/aromatic N) is 3. The predicted octanol–water partition coefficient (Wildman–Crippen LogP) is 3.70. The van der Waals surface area contributed by atoms with Crippen LogP contribution in [0.5, 0.6) is 0 Å². The number of anilines is 1. The lowest BCUT2D eigenvalue weighted by Crippen LogP contribution is -2.36. The van der Waals surface area contributed by atoms with Gasteiger partial charge in [-0.15, -0.1) is 0 Å². The highest BCUT2D eigenvalue weighted by atomic mass is 32.1. The van der Waals surface area contributed by atoms with Gasteiger partial charge in [-0.3, -0.25) is 9.59 Å². The number of amides is 2. The van der Waals surface area contributed by atoms with Crippen LogP contribution >= 0.6 is 11.3 Å². The minimum atomic E-state index is -0.180. The molecule has 2 aromatic heterocycles. The molecular weight excluding hydrogens is 388 g/mol. The summed E-state index contributed by atoms with van der Waals surface area (Å²) in [6, 6.07) is 5.78. The first kappa shape index (κ1) is 19.6. The Morgan fingerprint density at radius 3 is 2.97 bits per heavy atom. The summed E-state index contributed by atoms with van der Waals surface area (Å²) in [5, 5.41) is 8.35. The average Bonchev–Trinajstić information content (AvgIpc) is 3.23. The zero-order valence-electron chi connectivity index (χ0n) is 16.8. The van der Waals surface area contributed by atoms with Crippen LogP contribution in [-0.4, -0.2) is 33.4 Å². The number of hydrogen-bond acceptors (Lipinski definition) is 6. The van der Waals surface area contributed by atoms with Crippen molar-refractivity contribution >= 4 is 39.3 Å². The Labute approximate surface area is 173 Å². The van der Waals surface area contributed by atoms with Crippen LogP contribution in [0.3, 0.4) is 0 Å². The molecule has 0 bridgehead atoms. The van der Waals surface area contributed by atoms with Crippen molar-refractivity contribution in [2.24, 2.45) is 5.92 Å². The minimum Gasteiger partial charge on any atom is -0.356 e. The number of fused-ring (bicyclic) bond motifs is 2. The molecule has 0 aliphatic carbocycles. The van der Waals surface area contributed by atoms with Crippen LogP contribution in [0.2, 0.25) is 0 Å². The molecule has 2 amide bonds. The van der Waals surface area contributed by atoms with Crippen molar-refractivity contribution in [3.63, 3.8) is 0 Å². The van der Waals surface area contributed by atoms with Gasteiger partial charge in [-0.05, 0) is 25.0 Å². The molecule has 1 aliphatic rings. The Hall–Kier alpha value is -2.74. The quantitative estimate of drug-likeness (QED) is 0.690. The Balaban J connectivity index is 1.42. The number of thiazole rings is 1. The van der Waals surface area contributed by atoms with Gasteiger partial charge < -0.3 is 14.7 Å². The molecule has 0 saturated carbocycles. The number of rotatable bonds is 5. The first-order valence-corrected chi connectivity index (χ1v) is 10.6. The van der Waals surface area contributed by atoms with Gasteiger partial charge in [-0.2, -0.15) is 0 Å². The number of hydrogen-bond donors (Lipinski definition) is 1. The molecule has 1 N–H and O–H groups in total. The number of aryl methyl sites for hydroxylation is 1. The fourth-order valence-electron chi connectivity index (χ4n) is 3.49. The number of aromatic nitrogens is 2. The van der Waals surface area contributed by atoms with E-state index < -0.39 is 0 Å². The third-order valence-electron chi connectivity index (χ3n) is 4.94. The van der Waals surface area contributed by atoms with E-state index >= 15 is 0 Å². The molecule has 3 heterocycles. The molecule has 8 heteroatoms. The van der Waals surface area contributed by atoms with E-state index in [1.807, 2.05) is 43.9 Å². The summed E-state index contributed by atoms with van der Waals surface area (Å²) in [4.78, 5) is 32.3. The van der Waals surface area contributed by atoms with Crippen LogP contribution in [0, 0.1) is 12.8 Å². The Morgan fingerprint density at radius 1 is 1.34 bits per heavy atom. The van der Waals surface area contributed by atoms with E-state index in [9.17, 15) is 9.59 Å². The number of carbonyl (C=O) groups is 2. The molecular formula is C21H24N4O3S. The van der Waals surface area contributed by atoms with Crippen LogP contribution in [0.1, 0.15) is 42.1 Å². The third-order valence-corrected chi connectivity index (χ3v) is 5.94. The molecule has 0 spiro atoms. The van der Waals surface area contributed by atoms with Crippen molar-refractivity contribution in [2.75, 3.05) is 11.9 Å². The summed E-state index contributed by atoms with van der Waals surface area (Å²) in [7, 11) is 0. The van der Waals surface area contributed by atoms with E-state index in [0.29, 0.717) is 41.8 Å². The zero-order valence-corrected chi connectivity index (χ0v) is 17.6. The van der Waals surface area contributed by atoms with Gasteiger partial charge >= 0.3 is 0 Å². The molecule has 0 unspecified atom stereocenters. The van der Waals surface area contributed by atoms with E-state index in [0.717, 1.165) is 27.9 Å². The second kappa shape index (κ2) is 7.94. The minimum absolute atomic E-state index is 0.125. The molecule has 0 fully saturated rings. The second-order valence-corrected chi connectivity index (χ2v) is 8.99. The molecule has 29 heavy (non-hydrogen) atoms. The van der Waals surface area contributed by atoms with Crippen molar-refractivity contribution in [1.82, 2.24) is 15.0 Å². The van der Waals surface area contributed by atoms with Gasteiger partial charge in [0.1, 0.15) is 5.69 Å². The van der Waals surface area contributed by atoms with Gasteiger partial charge in [0.2, 0.25) is 11.8 Å². The summed E-state index contributed by atoms with van der Waals surface area (Å²) < 4.78 is 5.30. The molecule has 1 aliphatic heterocycles. The highest BCUT2D eigenvalue weighted by Crippen LogP contribution is 2.29. The first-order chi connectivity index (χ1) is 13.9. The zero-order chi connectivity index (χ0) is 20.5. The van der Waals surface area contributed by atoms with Crippen LogP contribution in [-0.2, 0) is 29.0 Å². The Morgan fingerprint density at radius 2 is 2.17 bits per heavy atom. The summed E-state index contributed by atoms with van der Waals surface area (Å²) in [6.07, 6.45) is 1.40. The maximum absolute atomic E-state index is 12.5. The number of carbonyl (C=O) groups excluding carboxylic acids is 2. The highest BCUT2D eigenvalue weighted by molar-refractivity contribution is 7.15.